The maximum atomic E-state index is 6.18. The van der Waals surface area contributed by atoms with Crippen LogP contribution in [-0.2, 0) is 0 Å². The minimum atomic E-state index is 0.325. The van der Waals surface area contributed by atoms with E-state index in [1.54, 1.807) is 24.4 Å². The predicted octanol–water partition coefficient (Wildman–Crippen LogP) is 5.30. The molecule has 2 nitrogen and oxygen atoms in total. The van der Waals surface area contributed by atoms with Crippen molar-refractivity contribution >= 4 is 23.2 Å². The largest absolute Gasteiger partial charge is 0.437 e. The lowest BCUT2D eigenvalue weighted by molar-refractivity contribution is 0.454. The second-order valence-corrected chi connectivity index (χ2v) is 5.07. The summed E-state index contributed by atoms with van der Waals surface area (Å²) >= 11 is 12.0. The Morgan fingerprint density at radius 1 is 1.11 bits per heavy atom. The molecule has 0 amide bonds. The van der Waals surface area contributed by atoms with Crippen LogP contribution in [0.1, 0.15) is 25.3 Å². The van der Waals surface area contributed by atoms with Crippen LogP contribution in [0.3, 0.4) is 0 Å². The molecule has 0 bridgehead atoms. The van der Waals surface area contributed by atoms with E-state index in [4.69, 9.17) is 27.9 Å². The Kier molecular flexibility index (Phi) is 4.10. The number of pyridine rings is 1. The van der Waals surface area contributed by atoms with Gasteiger partial charge >= 0.3 is 0 Å². The average Bonchev–Trinajstić information content (AvgIpc) is 2.34. The molecule has 1 aromatic carbocycles. The highest BCUT2D eigenvalue weighted by atomic mass is 35.5. The molecule has 2 aromatic rings. The number of benzene rings is 1. The van der Waals surface area contributed by atoms with Crippen LogP contribution in [0.15, 0.2) is 36.5 Å². The fraction of sp³-hybridized carbons (Fsp3) is 0.214. The summed E-state index contributed by atoms with van der Waals surface area (Å²) in [6.45, 7) is 4.18. The Morgan fingerprint density at radius 3 is 2.50 bits per heavy atom. The lowest BCUT2D eigenvalue weighted by Crippen LogP contribution is -1.95. The Balaban J connectivity index is 2.36. The van der Waals surface area contributed by atoms with Crippen molar-refractivity contribution < 1.29 is 4.74 Å². The van der Waals surface area contributed by atoms with Crippen molar-refractivity contribution in [2.75, 3.05) is 0 Å². The maximum absolute atomic E-state index is 6.18. The standard InChI is InChI=1S/C14H13Cl2NO/c1-9(2)11-4-3-5-12(16)14(11)18-13-7-6-10(15)8-17-13/h3-9H,1-2H3. The zero-order chi connectivity index (χ0) is 13.1. The number of ether oxygens (including phenoxy) is 1. The molecule has 18 heavy (non-hydrogen) atoms. The van der Waals surface area contributed by atoms with E-state index in [-0.39, 0.29) is 0 Å². The van der Waals surface area contributed by atoms with Gasteiger partial charge < -0.3 is 4.74 Å². The first kappa shape index (κ1) is 13.2. The fourth-order valence-corrected chi connectivity index (χ4v) is 1.95. The van der Waals surface area contributed by atoms with Gasteiger partial charge in [0.05, 0.1) is 10.0 Å². The molecular weight excluding hydrogens is 269 g/mol. The highest BCUT2D eigenvalue weighted by Gasteiger charge is 2.12. The molecule has 0 unspecified atom stereocenters. The fourth-order valence-electron chi connectivity index (χ4n) is 1.62. The van der Waals surface area contributed by atoms with E-state index in [2.05, 4.69) is 18.8 Å². The number of para-hydroxylation sites is 1. The molecule has 2 rings (SSSR count). The Hall–Kier alpha value is -1.25. The van der Waals surface area contributed by atoms with Crippen molar-refractivity contribution in [1.82, 2.24) is 4.98 Å². The SMILES string of the molecule is CC(C)c1cccc(Cl)c1Oc1ccc(Cl)cn1. The van der Waals surface area contributed by atoms with Crippen molar-refractivity contribution in [1.29, 1.82) is 0 Å². The minimum absolute atomic E-state index is 0.325. The van der Waals surface area contributed by atoms with Crippen LogP contribution in [0.2, 0.25) is 10.0 Å². The van der Waals surface area contributed by atoms with Gasteiger partial charge in [0.15, 0.2) is 5.75 Å². The first-order valence-electron chi connectivity index (χ1n) is 5.65. The van der Waals surface area contributed by atoms with E-state index in [1.807, 2.05) is 12.1 Å². The molecule has 0 spiro atoms. The molecule has 0 saturated heterocycles. The molecule has 0 atom stereocenters. The first-order chi connectivity index (χ1) is 8.58. The number of rotatable bonds is 3. The van der Waals surface area contributed by atoms with Gasteiger partial charge in [-0.2, -0.15) is 0 Å². The second kappa shape index (κ2) is 5.59. The van der Waals surface area contributed by atoms with E-state index < -0.39 is 0 Å². The number of aromatic nitrogens is 1. The van der Waals surface area contributed by atoms with Crippen LogP contribution >= 0.6 is 23.2 Å². The molecule has 0 fully saturated rings. The Bertz CT molecular complexity index is 538. The van der Waals surface area contributed by atoms with Crippen LogP contribution in [0.4, 0.5) is 0 Å². The summed E-state index contributed by atoms with van der Waals surface area (Å²) < 4.78 is 5.75. The molecule has 1 heterocycles. The smallest absolute Gasteiger partial charge is 0.219 e. The van der Waals surface area contributed by atoms with Crippen molar-refractivity contribution in [3.05, 3.63) is 52.1 Å². The zero-order valence-corrected chi connectivity index (χ0v) is 11.7. The Morgan fingerprint density at radius 2 is 1.89 bits per heavy atom. The van der Waals surface area contributed by atoms with Gasteiger partial charge in [0, 0.05) is 12.3 Å². The molecule has 4 heteroatoms. The van der Waals surface area contributed by atoms with Gasteiger partial charge in [-0.15, -0.1) is 0 Å². The molecule has 94 valence electrons. The summed E-state index contributed by atoms with van der Waals surface area (Å²) in [6, 6.07) is 9.17. The first-order valence-corrected chi connectivity index (χ1v) is 6.41. The van der Waals surface area contributed by atoms with Crippen LogP contribution in [0.5, 0.6) is 11.6 Å². The van der Waals surface area contributed by atoms with Crippen LogP contribution in [0.25, 0.3) is 0 Å². The van der Waals surface area contributed by atoms with Crippen LogP contribution in [0, 0.1) is 0 Å². The lowest BCUT2D eigenvalue weighted by atomic mass is 10.0. The van der Waals surface area contributed by atoms with Gasteiger partial charge in [0.25, 0.3) is 0 Å². The normalized spacial score (nSPS) is 10.7. The van der Waals surface area contributed by atoms with E-state index in [1.165, 1.54) is 0 Å². The topological polar surface area (TPSA) is 22.1 Å². The number of hydrogen-bond donors (Lipinski definition) is 0. The van der Waals surface area contributed by atoms with Gasteiger partial charge in [0.1, 0.15) is 0 Å². The predicted molar refractivity (Wildman–Crippen MR) is 74.9 cm³/mol. The third-order valence-electron chi connectivity index (χ3n) is 2.53. The highest BCUT2D eigenvalue weighted by Crippen LogP contribution is 2.36. The van der Waals surface area contributed by atoms with Crippen molar-refractivity contribution in [2.45, 2.75) is 19.8 Å². The van der Waals surface area contributed by atoms with Gasteiger partial charge in [-0.1, -0.05) is 49.2 Å². The summed E-state index contributed by atoms with van der Waals surface area (Å²) in [6.07, 6.45) is 1.54. The number of halogens is 2. The average molecular weight is 282 g/mol. The molecule has 0 aliphatic rings. The summed E-state index contributed by atoms with van der Waals surface area (Å²) in [7, 11) is 0. The molecule has 0 saturated carbocycles. The summed E-state index contributed by atoms with van der Waals surface area (Å²) in [5.41, 5.74) is 1.05. The van der Waals surface area contributed by atoms with E-state index in [9.17, 15) is 0 Å². The summed E-state index contributed by atoms with van der Waals surface area (Å²) in [4.78, 5) is 4.10. The van der Waals surface area contributed by atoms with E-state index in [0.29, 0.717) is 27.6 Å². The second-order valence-electron chi connectivity index (χ2n) is 4.23. The molecule has 0 N–H and O–H groups in total. The zero-order valence-electron chi connectivity index (χ0n) is 10.2. The van der Waals surface area contributed by atoms with Crippen LogP contribution < -0.4 is 4.74 Å². The number of nitrogens with zero attached hydrogens (tertiary/aromatic N) is 1. The molecule has 0 aliphatic carbocycles. The maximum Gasteiger partial charge on any atom is 0.219 e. The van der Waals surface area contributed by atoms with Gasteiger partial charge in [-0.05, 0) is 23.6 Å². The van der Waals surface area contributed by atoms with E-state index >= 15 is 0 Å². The van der Waals surface area contributed by atoms with Crippen molar-refractivity contribution in [2.24, 2.45) is 0 Å². The van der Waals surface area contributed by atoms with Crippen LogP contribution in [-0.4, -0.2) is 4.98 Å². The third kappa shape index (κ3) is 2.95. The molecule has 0 radical (unpaired) electrons. The third-order valence-corrected chi connectivity index (χ3v) is 3.05. The Labute approximate surface area is 117 Å². The molecule has 0 aliphatic heterocycles. The minimum Gasteiger partial charge on any atom is -0.437 e. The van der Waals surface area contributed by atoms with Gasteiger partial charge in [-0.3, -0.25) is 0 Å². The molecular formula is C14H13Cl2NO. The summed E-state index contributed by atoms with van der Waals surface area (Å²) in [5.74, 6) is 1.46. The highest BCUT2D eigenvalue weighted by molar-refractivity contribution is 6.32. The van der Waals surface area contributed by atoms with Gasteiger partial charge in [0.2, 0.25) is 5.88 Å². The van der Waals surface area contributed by atoms with Gasteiger partial charge in [-0.25, -0.2) is 4.98 Å². The monoisotopic (exact) mass is 281 g/mol. The van der Waals surface area contributed by atoms with Crippen molar-refractivity contribution in [3.8, 4) is 11.6 Å². The lowest BCUT2D eigenvalue weighted by Gasteiger charge is -2.14. The quantitative estimate of drug-likeness (QED) is 0.761. The van der Waals surface area contributed by atoms with E-state index in [0.717, 1.165) is 5.56 Å². The molecule has 1 aromatic heterocycles. The summed E-state index contributed by atoms with van der Waals surface area (Å²) in [5, 5.41) is 1.16. The van der Waals surface area contributed by atoms with Crippen molar-refractivity contribution in [3.63, 3.8) is 0 Å². The number of hydrogen-bond acceptors (Lipinski definition) is 2.